The molecule has 0 fully saturated rings. The van der Waals surface area contributed by atoms with E-state index in [0.29, 0.717) is 11.3 Å². The van der Waals surface area contributed by atoms with Crippen LogP contribution in [0.5, 0.6) is 5.75 Å². The van der Waals surface area contributed by atoms with E-state index in [9.17, 15) is 14.7 Å². The minimum Gasteiger partial charge on any atom is -0.478 e. The van der Waals surface area contributed by atoms with Crippen LogP contribution in [-0.4, -0.2) is 22.5 Å². The standard InChI is InChI=1S/C23H26O4S/c1-13-9-17(10-14(2)20(13)27-23(5,6)22(25)26)7-8-19(24)18-11-15(3)21(28)16(4)12-18/h7-12,28H,1-6H3,(H,25,26)/b8-7+. The van der Waals surface area contributed by atoms with E-state index in [1.54, 1.807) is 12.2 Å². The van der Waals surface area contributed by atoms with E-state index < -0.39 is 11.6 Å². The molecule has 28 heavy (non-hydrogen) atoms. The number of ketones is 1. The minimum atomic E-state index is -1.32. The predicted octanol–water partition coefficient (Wildman–Crippen LogP) is 5.35. The van der Waals surface area contributed by atoms with Crippen molar-refractivity contribution >= 4 is 30.5 Å². The fourth-order valence-corrected chi connectivity index (χ4v) is 3.04. The lowest BCUT2D eigenvalue weighted by Gasteiger charge is -2.24. The third kappa shape index (κ3) is 4.84. The van der Waals surface area contributed by atoms with Gasteiger partial charge in [-0.3, -0.25) is 4.79 Å². The maximum atomic E-state index is 12.5. The van der Waals surface area contributed by atoms with Crippen molar-refractivity contribution in [2.45, 2.75) is 52.0 Å². The van der Waals surface area contributed by atoms with Crippen molar-refractivity contribution in [3.05, 3.63) is 63.7 Å². The number of benzene rings is 2. The van der Waals surface area contributed by atoms with E-state index in [2.05, 4.69) is 12.6 Å². The average molecular weight is 399 g/mol. The number of ether oxygens (including phenoxy) is 1. The molecule has 0 radical (unpaired) electrons. The Balaban J connectivity index is 2.28. The van der Waals surface area contributed by atoms with Crippen molar-refractivity contribution in [2.24, 2.45) is 0 Å². The highest BCUT2D eigenvalue weighted by Gasteiger charge is 2.30. The van der Waals surface area contributed by atoms with Gasteiger partial charge in [0, 0.05) is 10.5 Å². The quantitative estimate of drug-likeness (QED) is 0.391. The van der Waals surface area contributed by atoms with Gasteiger partial charge in [-0.1, -0.05) is 6.08 Å². The summed E-state index contributed by atoms with van der Waals surface area (Å²) in [6, 6.07) is 7.42. The Hall–Kier alpha value is -2.53. The lowest BCUT2D eigenvalue weighted by atomic mass is 10.0. The van der Waals surface area contributed by atoms with Crippen LogP contribution in [0.25, 0.3) is 6.08 Å². The van der Waals surface area contributed by atoms with Crippen molar-refractivity contribution in [1.82, 2.24) is 0 Å². The van der Waals surface area contributed by atoms with Crippen molar-refractivity contribution in [1.29, 1.82) is 0 Å². The van der Waals surface area contributed by atoms with Crippen LogP contribution < -0.4 is 4.74 Å². The Bertz CT molecular complexity index is 925. The molecule has 5 heteroatoms. The summed E-state index contributed by atoms with van der Waals surface area (Å²) in [5.41, 5.74) is 3.71. The first-order chi connectivity index (χ1) is 12.9. The lowest BCUT2D eigenvalue weighted by Crippen LogP contribution is -2.38. The molecule has 2 rings (SSSR count). The van der Waals surface area contributed by atoms with E-state index in [0.717, 1.165) is 32.7 Å². The number of carbonyl (C=O) groups is 2. The average Bonchev–Trinajstić information content (AvgIpc) is 2.60. The van der Waals surface area contributed by atoms with Crippen LogP contribution in [0.4, 0.5) is 0 Å². The fourth-order valence-electron chi connectivity index (χ4n) is 2.91. The molecule has 2 aromatic rings. The molecule has 0 aliphatic carbocycles. The van der Waals surface area contributed by atoms with Crippen molar-refractivity contribution in [3.8, 4) is 5.75 Å². The topological polar surface area (TPSA) is 63.6 Å². The molecule has 0 spiro atoms. The number of hydrogen-bond acceptors (Lipinski definition) is 4. The summed E-state index contributed by atoms with van der Waals surface area (Å²) in [5.74, 6) is -0.563. The first-order valence-electron chi connectivity index (χ1n) is 8.98. The Kier molecular flexibility index (Phi) is 6.40. The van der Waals surface area contributed by atoms with Crippen molar-refractivity contribution < 1.29 is 19.4 Å². The minimum absolute atomic E-state index is 0.0813. The molecule has 0 heterocycles. The smallest absolute Gasteiger partial charge is 0.347 e. The zero-order chi connectivity index (χ0) is 21.2. The molecule has 0 aliphatic rings. The van der Waals surface area contributed by atoms with Crippen LogP contribution in [0.1, 0.15) is 52.0 Å². The number of carboxylic acids is 1. The van der Waals surface area contributed by atoms with Crippen LogP contribution in [0.15, 0.2) is 35.2 Å². The van der Waals surface area contributed by atoms with Gasteiger partial charge < -0.3 is 9.84 Å². The third-order valence-corrected chi connectivity index (χ3v) is 5.26. The molecule has 0 saturated heterocycles. The van der Waals surface area contributed by atoms with Crippen LogP contribution in [0.3, 0.4) is 0 Å². The molecule has 1 N–H and O–H groups in total. The zero-order valence-electron chi connectivity index (χ0n) is 17.1. The van der Waals surface area contributed by atoms with Crippen LogP contribution in [-0.2, 0) is 4.79 Å². The predicted molar refractivity (Wildman–Crippen MR) is 115 cm³/mol. The second kappa shape index (κ2) is 8.23. The van der Waals surface area contributed by atoms with Gasteiger partial charge in [-0.25, -0.2) is 4.79 Å². The number of carbonyl (C=O) groups excluding carboxylic acids is 1. The summed E-state index contributed by atoms with van der Waals surface area (Å²) in [5, 5.41) is 9.27. The fraction of sp³-hybridized carbons (Fsp3) is 0.304. The van der Waals surface area contributed by atoms with Gasteiger partial charge in [0.05, 0.1) is 0 Å². The first kappa shape index (κ1) is 21.8. The Morgan fingerprint density at radius 3 is 1.93 bits per heavy atom. The largest absolute Gasteiger partial charge is 0.478 e. The van der Waals surface area contributed by atoms with Crippen LogP contribution in [0.2, 0.25) is 0 Å². The molecule has 0 unspecified atom stereocenters. The Morgan fingerprint density at radius 1 is 0.964 bits per heavy atom. The van der Waals surface area contributed by atoms with Crippen LogP contribution >= 0.6 is 12.6 Å². The second-order valence-electron chi connectivity index (χ2n) is 7.56. The number of hydrogen-bond donors (Lipinski definition) is 2. The highest BCUT2D eigenvalue weighted by Crippen LogP contribution is 2.29. The number of rotatable bonds is 6. The monoisotopic (exact) mass is 398 g/mol. The molecule has 0 atom stereocenters. The van der Waals surface area contributed by atoms with Crippen LogP contribution in [0, 0.1) is 27.7 Å². The third-order valence-electron chi connectivity index (χ3n) is 4.56. The van der Waals surface area contributed by atoms with E-state index in [4.69, 9.17) is 4.74 Å². The lowest BCUT2D eigenvalue weighted by molar-refractivity contribution is -0.152. The molecule has 2 aromatic carbocycles. The number of allylic oxidation sites excluding steroid dienone is 1. The number of aliphatic carboxylic acids is 1. The molecule has 0 saturated carbocycles. The summed E-state index contributed by atoms with van der Waals surface area (Å²) in [4.78, 5) is 24.7. The highest BCUT2D eigenvalue weighted by atomic mass is 32.1. The van der Waals surface area contributed by atoms with Gasteiger partial charge in [0.25, 0.3) is 0 Å². The SMILES string of the molecule is Cc1cc(C(=O)/C=C/c2cc(C)c(OC(C)(C)C(=O)O)c(C)c2)cc(C)c1S. The molecule has 0 bridgehead atoms. The van der Waals surface area contributed by atoms with E-state index in [1.807, 2.05) is 52.0 Å². The number of carboxylic acid groups (broad SMARTS) is 1. The van der Waals surface area contributed by atoms with Crippen molar-refractivity contribution in [2.75, 3.05) is 0 Å². The van der Waals surface area contributed by atoms with Gasteiger partial charge in [0.15, 0.2) is 11.4 Å². The molecule has 0 aromatic heterocycles. The van der Waals surface area contributed by atoms with E-state index >= 15 is 0 Å². The molecule has 0 aliphatic heterocycles. The summed E-state index contributed by atoms with van der Waals surface area (Å²) in [7, 11) is 0. The van der Waals surface area contributed by atoms with Gasteiger partial charge >= 0.3 is 5.97 Å². The number of aryl methyl sites for hydroxylation is 4. The number of thiol groups is 1. The van der Waals surface area contributed by atoms with Gasteiger partial charge in [-0.15, -0.1) is 12.6 Å². The summed E-state index contributed by atoms with van der Waals surface area (Å²) in [6.45, 7) is 10.6. The zero-order valence-corrected chi connectivity index (χ0v) is 18.0. The second-order valence-corrected chi connectivity index (χ2v) is 8.00. The summed E-state index contributed by atoms with van der Waals surface area (Å²) >= 11 is 4.43. The molecular weight excluding hydrogens is 372 g/mol. The van der Waals surface area contributed by atoms with Gasteiger partial charge in [0.1, 0.15) is 5.75 Å². The Labute approximate surface area is 171 Å². The molecular formula is C23H26O4S. The Morgan fingerprint density at radius 2 is 1.46 bits per heavy atom. The first-order valence-corrected chi connectivity index (χ1v) is 9.43. The summed E-state index contributed by atoms with van der Waals surface area (Å²) in [6.07, 6.45) is 3.30. The molecule has 0 amide bonds. The summed E-state index contributed by atoms with van der Waals surface area (Å²) < 4.78 is 5.71. The normalized spacial score (nSPS) is 11.7. The molecule has 4 nitrogen and oxygen atoms in total. The van der Waals surface area contributed by atoms with E-state index in [1.165, 1.54) is 13.8 Å². The molecule has 148 valence electrons. The van der Waals surface area contributed by atoms with Gasteiger partial charge in [-0.05, 0) is 99.7 Å². The van der Waals surface area contributed by atoms with Gasteiger partial charge in [0.2, 0.25) is 0 Å². The van der Waals surface area contributed by atoms with E-state index in [-0.39, 0.29) is 5.78 Å². The highest BCUT2D eigenvalue weighted by molar-refractivity contribution is 7.80. The maximum Gasteiger partial charge on any atom is 0.347 e. The maximum absolute atomic E-state index is 12.5. The van der Waals surface area contributed by atoms with Gasteiger partial charge in [-0.2, -0.15) is 0 Å². The van der Waals surface area contributed by atoms with Crippen molar-refractivity contribution in [3.63, 3.8) is 0 Å².